The van der Waals surface area contributed by atoms with E-state index in [0.717, 1.165) is 63.8 Å². The van der Waals surface area contributed by atoms with E-state index in [0.29, 0.717) is 5.96 Å². The van der Waals surface area contributed by atoms with Crippen LogP contribution in [0.1, 0.15) is 12.0 Å². The fourth-order valence-electron chi connectivity index (χ4n) is 3.21. The van der Waals surface area contributed by atoms with Crippen LogP contribution in [0.5, 0.6) is 0 Å². The van der Waals surface area contributed by atoms with Gasteiger partial charge in [-0.3, -0.25) is 9.89 Å². The van der Waals surface area contributed by atoms with Crippen LogP contribution in [0.3, 0.4) is 0 Å². The fraction of sp³-hybridized carbons (Fsp3) is 0.450. The molecule has 0 amide bonds. The van der Waals surface area contributed by atoms with Crippen LogP contribution in [0.2, 0.25) is 0 Å². The Morgan fingerprint density at radius 2 is 1.83 bits per heavy atom. The summed E-state index contributed by atoms with van der Waals surface area (Å²) in [5, 5.41) is 6.23. The Kier molecular flexibility index (Phi) is 10.1. The number of rotatable bonds is 7. The lowest BCUT2D eigenvalue weighted by Gasteiger charge is -2.34. The summed E-state index contributed by atoms with van der Waals surface area (Å²) in [5.41, 5.74) is 0.271. The van der Waals surface area contributed by atoms with Crippen molar-refractivity contribution in [1.82, 2.24) is 25.5 Å². The lowest BCUT2D eigenvalue weighted by molar-refractivity contribution is 0.254. The van der Waals surface area contributed by atoms with Gasteiger partial charge in [0.1, 0.15) is 11.6 Å². The predicted molar refractivity (Wildman–Crippen MR) is 125 cm³/mol. The second kappa shape index (κ2) is 12.6. The maximum atomic E-state index is 13.7. The maximum absolute atomic E-state index is 13.7. The molecule has 0 bridgehead atoms. The summed E-state index contributed by atoms with van der Waals surface area (Å²) in [6, 6.07) is 5.25. The van der Waals surface area contributed by atoms with Crippen molar-refractivity contribution in [2.24, 2.45) is 4.99 Å². The molecule has 7 nitrogen and oxygen atoms in total. The summed E-state index contributed by atoms with van der Waals surface area (Å²) in [7, 11) is 1.65. The first-order valence-corrected chi connectivity index (χ1v) is 9.78. The largest absolute Gasteiger partial charge is 0.356 e. The van der Waals surface area contributed by atoms with Gasteiger partial charge in [0.2, 0.25) is 5.95 Å². The van der Waals surface area contributed by atoms with Crippen molar-refractivity contribution in [3.05, 3.63) is 53.9 Å². The molecule has 10 heteroatoms. The summed E-state index contributed by atoms with van der Waals surface area (Å²) < 4.78 is 26.9. The van der Waals surface area contributed by atoms with E-state index in [1.807, 2.05) is 6.07 Å². The van der Waals surface area contributed by atoms with Crippen LogP contribution in [0.4, 0.5) is 14.7 Å². The van der Waals surface area contributed by atoms with Gasteiger partial charge in [0.15, 0.2) is 5.96 Å². The number of nitrogens with zero attached hydrogens (tertiary/aromatic N) is 5. The fourth-order valence-corrected chi connectivity index (χ4v) is 3.21. The number of aromatic nitrogens is 2. The molecule has 1 aromatic heterocycles. The Balaban J connectivity index is 0.00000320. The van der Waals surface area contributed by atoms with E-state index >= 15 is 0 Å². The molecule has 0 unspecified atom stereocenters. The Bertz CT molecular complexity index is 799. The van der Waals surface area contributed by atoms with Gasteiger partial charge >= 0.3 is 0 Å². The Morgan fingerprint density at radius 3 is 2.53 bits per heavy atom. The number of benzene rings is 1. The molecule has 2 aromatic rings. The van der Waals surface area contributed by atoms with Crippen molar-refractivity contribution in [3.8, 4) is 0 Å². The lowest BCUT2D eigenvalue weighted by atomic mass is 10.2. The van der Waals surface area contributed by atoms with Gasteiger partial charge in [-0.15, -0.1) is 24.0 Å². The molecule has 0 spiro atoms. The topological polar surface area (TPSA) is 68.7 Å². The molecule has 1 aliphatic heterocycles. The van der Waals surface area contributed by atoms with E-state index in [2.05, 4.69) is 35.4 Å². The molecule has 1 fully saturated rings. The van der Waals surface area contributed by atoms with Crippen LogP contribution in [0.25, 0.3) is 0 Å². The predicted octanol–water partition coefficient (Wildman–Crippen LogP) is 2.25. The van der Waals surface area contributed by atoms with Gasteiger partial charge in [-0.1, -0.05) is 0 Å². The maximum Gasteiger partial charge on any atom is 0.225 e. The van der Waals surface area contributed by atoms with Crippen LogP contribution in [-0.4, -0.2) is 67.1 Å². The number of nitrogens with one attached hydrogen (secondary N) is 2. The molecular weight excluding hydrogens is 503 g/mol. The third kappa shape index (κ3) is 7.31. The molecule has 1 aliphatic rings. The third-order valence-electron chi connectivity index (χ3n) is 4.83. The van der Waals surface area contributed by atoms with Crippen molar-refractivity contribution in [3.63, 3.8) is 0 Å². The second-order valence-corrected chi connectivity index (χ2v) is 6.82. The number of hydrogen-bond donors (Lipinski definition) is 2. The highest BCUT2D eigenvalue weighted by Crippen LogP contribution is 2.10. The molecule has 3 rings (SSSR count). The van der Waals surface area contributed by atoms with Gasteiger partial charge in [0.25, 0.3) is 0 Å². The molecule has 2 N–H and O–H groups in total. The van der Waals surface area contributed by atoms with E-state index in [1.165, 1.54) is 6.07 Å². The monoisotopic (exact) mass is 531 g/mol. The zero-order chi connectivity index (χ0) is 20.5. The molecule has 164 valence electrons. The number of anilines is 1. The van der Waals surface area contributed by atoms with Crippen LogP contribution in [-0.2, 0) is 6.54 Å². The molecule has 0 aliphatic carbocycles. The minimum absolute atomic E-state index is 0. The lowest BCUT2D eigenvalue weighted by Crippen LogP contribution is -2.47. The number of guanidine groups is 1. The first kappa shape index (κ1) is 24.2. The van der Waals surface area contributed by atoms with Crippen LogP contribution < -0.4 is 15.5 Å². The van der Waals surface area contributed by atoms with Crippen LogP contribution in [0.15, 0.2) is 41.7 Å². The standard InChI is InChI=1S/C20H27F2N7.HI/c1-23-19(27-15-16-14-17(21)4-5-18(16)22)24-8-3-9-28-10-12-29(13-11-28)20-25-6-2-7-26-20;/h2,4-7,14H,3,8-13,15H2,1H3,(H2,23,24,27);1H. The SMILES string of the molecule is CN=C(NCCCN1CCN(c2ncccn2)CC1)NCc1cc(F)ccc1F.I. The van der Waals surface area contributed by atoms with Gasteiger partial charge in [-0.2, -0.15) is 0 Å². The molecule has 1 saturated heterocycles. The van der Waals surface area contributed by atoms with Gasteiger partial charge in [-0.25, -0.2) is 18.7 Å². The molecule has 0 radical (unpaired) electrons. The first-order chi connectivity index (χ1) is 14.2. The van der Waals surface area contributed by atoms with E-state index < -0.39 is 11.6 Å². The third-order valence-corrected chi connectivity index (χ3v) is 4.83. The summed E-state index contributed by atoms with van der Waals surface area (Å²) in [6.45, 7) is 5.68. The van der Waals surface area contributed by atoms with E-state index in [-0.39, 0.29) is 36.1 Å². The van der Waals surface area contributed by atoms with E-state index in [1.54, 1.807) is 19.4 Å². The second-order valence-electron chi connectivity index (χ2n) is 6.82. The molecule has 30 heavy (non-hydrogen) atoms. The number of piperazine rings is 1. The minimum Gasteiger partial charge on any atom is -0.356 e. The van der Waals surface area contributed by atoms with Crippen molar-refractivity contribution in [1.29, 1.82) is 0 Å². The summed E-state index contributed by atoms with van der Waals surface area (Å²) in [5.74, 6) is 0.470. The van der Waals surface area contributed by atoms with E-state index in [4.69, 9.17) is 0 Å². The quantitative estimate of drug-likeness (QED) is 0.248. The molecular formula is C20H28F2IN7. The van der Waals surface area contributed by atoms with Crippen LogP contribution >= 0.6 is 24.0 Å². The zero-order valence-electron chi connectivity index (χ0n) is 17.0. The average molecular weight is 531 g/mol. The Hall–Kier alpha value is -2.08. The summed E-state index contributed by atoms with van der Waals surface area (Å²) >= 11 is 0. The Morgan fingerprint density at radius 1 is 1.10 bits per heavy atom. The minimum atomic E-state index is -0.454. The highest BCUT2D eigenvalue weighted by atomic mass is 127. The molecule has 0 atom stereocenters. The number of hydrogen-bond acceptors (Lipinski definition) is 5. The normalized spacial score (nSPS) is 14.9. The number of halogens is 3. The molecule has 2 heterocycles. The molecule has 1 aromatic carbocycles. The van der Waals surface area contributed by atoms with Gasteiger partial charge in [0.05, 0.1) is 0 Å². The van der Waals surface area contributed by atoms with Crippen molar-refractivity contribution in [2.75, 3.05) is 51.2 Å². The van der Waals surface area contributed by atoms with Crippen molar-refractivity contribution < 1.29 is 8.78 Å². The van der Waals surface area contributed by atoms with Crippen LogP contribution in [0, 0.1) is 11.6 Å². The highest BCUT2D eigenvalue weighted by Gasteiger charge is 2.18. The highest BCUT2D eigenvalue weighted by molar-refractivity contribution is 14.0. The number of aliphatic imine (C=N–C) groups is 1. The smallest absolute Gasteiger partial charge is 0.225 e. The van der Waals surface area contributed by atoms with E-state index in [9.17, 15) is 8.78 Å². The van der Waals surface area contributed by atoms with Crippen molar-refractivity contribution in [2.45, 2.75) is 13.0 Å². The van der Waals surface area contributed by atoms with Gasteiger partial charge < -0.3 is 15.5 Å². The summed E-state index contributed by atoms with van der Waals surface area (Å²) in [6.07, 6.45) is 4.49. The Labute approximate surface area is 193 Å². The zero-order valence-corrected chi connectivity index (χ0v) is 19.4. The first-order valence-electron chi connectivity index (χ1n) is 9.78. The average Bonchev–Trinajstić information content (AvgIpc) is 2.76. The molecule has 0 saturated carbocycles. The van der Waals surface area contributed by atoms with Crippen molar-refractivity contribution >= 4 is 35.9 Å². The van der Waals surface area contributed by atoms with Gasteiger partial charge in [-0.05, 0) is 37.2 Å². The summed E-state index contributed by atoms with van der Waals surface area (Å²) in [4.78, 5) is 17.3. The van der Waals surface area contributed by atoms with Gasteiger partial charge in [0, 0.05) is 64.3 Å².